The zero-order valence-corrected chi connectivity index (χ0v) is 10.2. The minimum atomic E-state index is -0.0974. The molecule has 0 aromatic heterocycles. The van der Waals surface area contributed by atoms with Crippen molar-refractivity contribution in [2.45, 2.75) is 39.5 Å². The summed E-state index contributed by atoms with van der Waals surface area (Å²) in [4.78, 5) is 0. The molecule has 1 aromatic carbocycles. The highest BCUT2D eigenvalue weighted by atomic mass is 16.5. The van der Waals surface area contributed by atoms with Gasteiger partial charge in [-0.05, 0) is 32.4 Å². The molecule has 1 unspecified atom stereocenters. The van der Waals surface area contributed by atoms with Crippen LogP contribution in [0.25, 0.3) is 0 Å². The van der Waals surface area contributed by atoms with Gasteiger partial charge in [-0.3, -0.25) is 5.32 Å². The monoisotopic (exact) mass is 223 g/mol. The fourth-order valence-corrected chi connectivity index (χ4v) is 1.49. The first-order valence-electron chi connectivity index (χ1n) is 5.76. The van der Waals surface area contributed by atoms with Gasteiger partial charge >= 0.3 is 0 Å². The maximum absolute atomic E-state index is 9.06. The maximum Gasteiger partial charge on any atom is 0.147 e. The van der Waals surface area contributed by atoms with Crippen molar-refractivity contribution in [3.63, 3.8) is 0 Å². The van der Waals surface area contributed by atoms with E-state index >= 15 is 0 Å². The maximum atomic E-state index is 9.06. The Hall–Kier alpha value is -1.06. The summed E-state index contributed by atoms with van der Waals surface area (Å²) in [5, 5.41) is 12.3. The average Bonchev–Trinajstić information content (AvgIpc) is 2.29. The second kappa shape index (κ2) is 6.51. The van der Waals surface area contributed by atoms with Crippen molar-refractivity contribution in [3.05, 3.63) is 29.8 Å². The number of aliphatic hydroxyl groups excluding tert-OH is 1. The van der Waals surface area contributed by atoms with Crippen molar-refractivity contribution >= 4 is 0 Å². The van der Waals surface area contributed by atoms with Crippen LogP contribution in [0, 0.1) is 6.92 Å². The number of hydrogen-bond acceptors (Lipinski definition) is 3. The molecule has 0 aliphatic heterocycles. The van der Waals surface area contributed by atoms with E-state index in [9.17, 15) is 0 Å². The number of rotatable bonds is 6. The molecule has 0 fully saturated rings. The molecule has 1 aromatic rings. The molecular formula is C13H21NO2. The van der Waals surface area contributed by atoms with Gasteiger partial charge in [-0.2, -0.15) is 0 Å². The quantitative estimate of drug-likeness (QED) is 0.725. The van der Waals surface area contributed by atoms with Gasteiger partial charge in [-0.1, -0.05) is 24.6 Å². The summed E-state index contributed by atoms with van der Waals surface area (Å²) in [5.74, 6) is 0.846. The molecule has 0 heterocycles. The molecule has 0 spiro atoms. The van der Waals surface area contributed by atoms with Crippen LogP contribution in [0.3, 0.4) is 0 Å². The van der Waals surface area contributed by atoms with Crippen LogP contribution in [0.1, 0.15) is 25.8 Å². The first-order valence-corrected chi connectivity index (χ1v) is 5.76. The first kappa shape index (κ1) is 13.0. The number of aryl methyl sites for hydroxylation is 1. The Labute approximate surface area is 97.4 Å². The Morgan fingerprint density at radius 3 is 2.44 bits per heavy atom. The van der Waals surface area contributed by atoms with Gasteiger partial charge in [0.05, 0.1) is 6.61 Å². The van der Waals surface area contributed by atoms with Crippen molar-refractivity contribution in [1.29, 1.82) is 0 Å². The summed E-state index contributed by atoms with van der Waals surface area (Å²) in [6.07, 6.45) is 0.790. The number of aliphatic hydroxyl groups is 1. The SMILES string of the molecule is CC[C@H](CO)NC(C)Oc1ccc(C)cc1. The van der Waals surface area contributed by atoms with Crippen LogP contribution in [0.5, 0.6) is 5.75 Å². The molecule has 3 heteroatoms. The average molecular weight is 223 g/mol. The third-order valence-electron chi connectivity index (χ3n) is 2.52. The molecule has 3 nitrogen and oxygen atoms in total. The zero-order chi connectivity index (χ0) is 12.0. The predicted molar refractivity (Wildman–Crippen MR) is 65.6 cm³/mol. The summed E-state index contributed by atoms with van der Waals surface area (Å²) in [7, 11) is 0. The molecule has 0 amide bonds. The van der Waals surface area contributed by atoms with E-state index in [1.165, 1.54) is 5.56 Å². The molecular weight excluding hydrogens is 202 g/mol. The summed E-state index contributed by atoms with van der Waals surface area (Å²) >= 11 is 0. The fraction of sp³-hybridized carbons (Fsp3) is 0.538. The Balaban J connectivity index is 2.44. The van der Waals surface area contributed by atoms with E-state index in [1.54, 1.807) is 0 Å². The van der Waals surface area contributed by atoms with E-state index in [1.807, 2.05) is 45.0 Å². The van der Waals surface area contributed by atoms with Crippen LogP contribution in [0.15, 0.2) is 24.3 Å². The van der Waals surface area contributed by atoms with E-state index in [0.717, 1.165) is 12.2 Å². The lowest BCUT2D eigenvalue weighted by molar-refractivity contribution is 0.137. The molecule has 2 N–H and O–H groups in total. The van der Waals surface area contributed by atoms with Crippen molar-refractivity contribution in [2.24, 2.45) is 0 Å². The Morgan fingerprint density at radius 1 is 1.31 bits per heavy atom. The number of nitrogens with one attached hydrogen (secondary N) is 1. The Kier molecular flexibility index (Phi) is 5.29. The second-order valence-electron chi connectivity index (χ2n) is 4.03. The van der Waals surface area contributed by atoms with Crippen LogP contribution in [-0.2, 0) is 0 Å². The lowest BCUT2D eigenvalue weighted by Gasteiger charge is -2.21. The van der Waals surface area contributed by atoms with Gasteiger partial charge in [0.15, 0.2) is 0 Å². The predicted octanol–water partition coefficient (Wildman–Crippen LogP) is 2.08. The van der Waals surface area contributed by atoms with Gasteiger partial charge in [0.2, 0.25) is 0 Å². The van der Waals surface area contributed by atoms with E-state index < -0.39 is 0 Å². The van der Waals surface area contributed by atoms with Crippen LogP contribution in [0.4, 0.5) is 0 Å². The lowest BCUT2D eigenvalue weighted by Crippen LogP contribution is -2.41. The van der Waals surface area contributed by atoms with Crippen molar-refractivity contribution in [1.82, 2.24) is 5.32 Å². The third-order valence-corrected chi connectivity index (χ3v) is 2.52. The molecule has 1 rings (SSSR count). The van der Waals surface area contributed by atoms with E-state index in [2.05, 4.69) is 5.32 Å². The van der Waals surface area contributed by atoms with Gasteiger partial charge in [0.25, 0.3) is 0 Å². The second-order valence-corrected chi connectivity index (χ2v) is 4.03. The summed E-state index contributed by atoms with van der Waals surface area (Å²) in [6, 6.07) is 8.04. The first-order chi connectivity index (χ1) is 7.65. The highest BCUT2D eigenvalue weighted by molar-refractivity contribution is 5.26. The lowest BCUT2D eigenvalue weighted by atomic mass is 10.2. The minimum absolute atomic E-state index is 0.0974. The van der Waals surface area contributed by atoms with Gasteiger partial charge in [0, 0.05) is 6.04 Å². The Bertz CT molecular complexity index is 293. The van der Waals surface area contributed by atoms with E-state index in [0.29, 0.717) is 0 Å². The molecule has 0 saturated heterocycles. The van der Waals surface area contributed by atoms with Gasteiger partial charge < -0.3 is 9.84 Å². The molecule has 0 aliphatic carbocycles. The molecule has 90 valence electrons. The van der Waals surface area contributed by atoms with E-state index in [4.69, 9.17) is 9.84 Å². The summed E-state index contributed by atoms with van der Waals surface area (Å²) < 4.78 is 5.68. The van der Waals surface area contributed by atoms with Gasteiger partial charge in [-0.15, -0.1) is 0 Å². The zero-order valence-electron chi connectivity index (χ0n) is 10.2. The normalized spacial score (nSPS) is 14.5. The molecule has 0 bridgehead atoms. The molecule has 0 saturated carbocycles. The topological polar surface area (TPSA) is 41.5 Å². The Morgan fingerprint density at radius 2 is 1.94 bits per heavy atom. The standard InChI is InChI=1S/C13H21NO2/c1-4-12(9-15)14-11(3)16-13-7-5-10(2)6-8-13/h5-8,11-12,14-15H,4,9H2,1-3H3/t11?,12-/m1/s1. The summed E-state index contributed by atoms with van der Waals surface area (Å²) in [5.41, 5.74) is 1.22. The van der Waals surface area contributed by atoms with Gasteiger partial charge in [0.1, 0.15) is 12.0 Å². The van der Waals surface area contributed by atoms with Crippen LogP contribution >= 0.6 is 0 Å². The van der Waals surface area contributed by atoms with Crippen LogP contribution in [0.2, 0.25) is 0 Å². The molecule has 2 atom stereocenters. The largest absolute Gasteiger partial charge is 0.476 e. The third kappa shape index (κ3) is 4.21. The highest BCUT2D eigenvalue weighted by Gasteiger charge is 2.09. The molecule has 16 heavy (non-hydrogen) atoms. The van der Waals surface area contributed by atoms with Crippen LogP contribution in [-0.4, -0.2) is 24.0 Å². The fourth-order valence-electron chi connectivity index (χ4n) is 1.49. The molecule has 0 aliphatic rings. The van der Waals surface area contributed by atoms with Gasteiger partial charge in [-0.25, -0.2) is 0 Å². The van der Waals surface area contributed by atoms with Crippen molar-refractivity contribution in [3.8, 4) is 5.75 Å². The number of benzene rings is 1. The smallest absolute Gasteiger partial charge is 0.147 e. The number of ether oxygens (including phenoxy) is 1. The van der Waals surface area contributed by atoms with Crippen molar-refractivity contribution in [2.75, 3.05) is 6.61 Å². The van der Waals surface area contributed by atoms with Crippen molar-refractivity contribution < 1.29 is 9.84 Å². The number of hydrogen-bond donors (Lipinski definition) is 2. The summed E-state index contributed by atoms with van der Waals surface area (Å²) in [6.45, 7) is 6.16. The highest BCUT2D eigenvalue weighted by Crippen LogP contribution is 2.12. The van der Waals surface area contributed by atoms with Crippen LogP contribution < -0.4 is 10.1 Å². The van der Waals surface area contributed by atoms with E-state index in [-0.39, 0.29) is 18.9 Å². The minimum Gasteiger partial charge on any atom is -0.476 e. The molecule has 0 radical (unpaired) electrons.